The number of ether oxygens (including phenoxy) is 1. The second-order valence-electron chi connectivity index (χ2n) is 4.12. The monoisotopic (exact) mass is 235 g/mol. The van der Waals surface area contributed by atoms with Crippen LogP contribution in [0.15, 0.2) is 18.3 Å². The zero-order chi connectivity index (χ0) is 12.1. The molecule has 1 unspecified atom stereocenters. The molecule has 2 N–H and O–H groups in total. The van der Waals surface area contributed by atoms with Gasteiger partial charge >= 0.3 is 0 Å². The molecule has 0 aromatic carbocycles. The number of hydrogen-bond donors (Lipinski definition) is 2. The third-order valence-corrected chi connectivity index (χ3v) is 2.90. The maximum atomic E-state index is 11.7. The van der Waals surface area contributed by atoms with E-state index in [2.05, 4.69) is 15.6 Å². The highest BCUT2D eigenvalue weighted by Crippen LogP contribution is 2.09. The Morgan fingerprint density at radius 1 is 1.65 bits per heavy atom. The van der Waals surface area contributed by atoms with Gasteiger partial charge in [-0.1, -0.05) is 6.07 Å². The molecule has 2 heterocycles. The number of carbonyl (C=O) groups excluding carboxylic acids is 1. The first-order chi connectivity index (χ1) is 8.29. The standard InChI is InChI=1S/C12H17N3O2/c1-17-11-3-2-9(6-14-11)7-15-12(16)10-4-5-13-8-10/h2-3,6,10,13H,4-5,7-8H2,1H3,(H,15,16). The van der Waals surface area contributed by atoms with E-state index in [4.69, 9.17) is 4.74 Å². The number of methoxy groups -OCH3 is 1. The lowest BCUT2D eigenvalue weighted by atomic mass is 10.1. The van der Waals surface area contributed by atoms with E-state index < -0.39 is 0 Å². The molecule has 92 valence electrons. The van der Waals surface area contributed by atoms with Crippen molar-refractivity contribution in [3.8, 4) is 5.88 Å². The van der Waals surface area contributed by atoms with Gasteiger partial charge in [-0.2, -0.15) is 0 Å². The summed E-state index contributed by atoms with van der Waals surface area (Å²) < 4.78 is 4.97. The van der Waals surface area contributed by atoms with Gasteiger partial charge in [-0.05, 0) is 18.5 Å². The van der Waals surface area contributed by atoms with E-state index in [-0.39, 0.29) is 11.8 Å². The molecule has 1 aliphatic heterocycles. The molecule has 1 aromatic rings. The fourth-order valence-corrected chi connectivity index (χ4v) is 1.85. The molecular formula is C12H17N3O2. The minimum atomic E-state index is 0.112. The van der Waals surface area contributed by atoms with Crippen molar-refractivity contribution in [3.63, 3.8) is 0 Å². The zero-order valence-electron chi connectivity index (χ0n) is 9.90. The van der Waals surface area contributed by atoms with Gasteiger partial charge in [-0.25, -0.2) is 4.98 Å². The molecule has 2 rings (SSSR count). The summed E-state index contributed by atoms with van der Waals surface area (Å²) in [4.78, 5) is 15.8. The Hall–Kier alpha value is -1.62. The molecular weight excluding hydrogens is 218 g/mol. The van der Waals surface area contributed by atoms with Crippen LogP contribution in [-0.4, -0.2) is 31.1 Å². The molecule has 5 nitrogen and oxygen atoms in total. The van der Waals surface area contributed by atoms with Gasteiger partial charge in [0.05, 0.1) is 13.0 Å². The number of rotatable bonds is 4. The molecule has 1 aliphatic rings. The topological polar surface area (TPSA) is 63.2 Å². The van der Waals surface area contributed by atoms with Crippen molar-refractivity contribution in [1.82, 2.24) is 15.6 Å². The van der Waals surface area contributed by atoms with Crippen LogP contribution in [0, 0.1) is 5.92 Å². The fraction of sp³-hybridized carbons (Fsp3) is 0.500. The van der Waals surface area contributed by atoms with E-state index >= 15 is 0 Å². The summed E-state index contributed by atoms with van der Waals surface area (Å²) in [6.07, 6.45) is 2.64. The Morgan fingerprint density at radius 2 is 2.53 bits per heavy atom. The molecule has 17 heavy (non-hydrogen) atoms. The van der Waals surface area contributed by atoms with E-state index in [0.717, 1.165) is 25.1 Å². The van der Waals surface area contributed by atoms with Crippen molar-refractivity contribution in [1.29, 1.82) is 0 Å². The Kier molecular flexibility index (Phi) is 3.93. The molecule has 0 saturated carbocycles. The summed E-state index contributed by atoms with van der Waals surface area (Å²) in [5.41, 5.74) is 0.977. The minimum Gasteiger partial charge on any atom is -0.481 e. The fourth-order valence-electron chi connectivity index (χ4n) is 1.85. The average Bonchev–Trinajstić information content (AvgIpc) is 2.90. The molecule has 0 aliphatic carbocycles. The second kappa shape index (κ2) is 5.63. The van der Waals surface area contributed by atoms with Crippen LogP contribution < -0.4 is 15.4 Å². The summed E-state index contributed by atoms with van der Waals surface area (Å²) in [5, 5.41) is 6.10. The molecule has 1 saturated heterocycles. The lowest BCUT2D eigenvalue weighted by Gasteiger charge is -2.09. The van der Waals surface area contributed by atoms with Gasteiger partial charge in [0.15, 0.2) is 0 Å². The van der Waals surface area contributed by atoms with Crippen LogP contribution in [0.2, 0.25) is 0 Å². The molecule has 1 amide bonds. The van der Waals surface area contributed by atoms with Gasteiger partial charge in [-0.3, -0.25) is 4.79 Å². The maximum absolute atomic E-state index is 11.7. The number of pyridine rings is 1. The van der Waals surface area contributed by atoms with Gasteiger partial charge in [0, 0.05) is 25.4 Å². The normalized spacial score (nSPS) is 19.0. The van der Waals surface area contributed by atoms with E-state index in [0.29, 0.717) is 12.4 Å². The van der Waals surface area contributed by atoms with Crippen molar-refractivity contribution < 1.29 is 9.53 Å². The molecule has 0 spiro atoms. The van der Waals surface area contributed by atoms with Crippen LogP contribution in [0.3, 0.4) is 0 Å². The summed E-state index contributed by atoms with van der Waals surface area (Å²) >= 11 is 0. The summed E-state index contributed by atoms with van der Waals surface area (Å²) in [5.74, 6) is 0.812. The number of hydrogen-bond acceptors (Lipinski definition) is 4. The van der Waals surface area contributed by atoms with Crippen LogP contribution >= 0.6 is 0 Å². The van der Waals surface area contributed by atoms with Crippen molar-refractivity contribution >= 4 is 5.91 Å². The Balaban J connectivity index is 1.82. The zero-order valence-corrected chi connectivity index (χ0v) is 9.90. The van der Waals surface area contributed by atoms with Crippen molar-refractivity contribution in [3.05, 3.63) is 23.9 Å². The van der Waals surface area contributed by atoms with Crippen LogP contribution in [0.5, 0.6) is 5.88 Å². The first-order valence-electron chi connectivity index (χ1n) is 5.77. The first kappa shape index (κ1) is 11.9. The maximum Gasteiger partial charge on any atom is 0.224 e. The number of nitrogens with one attached hydrogen (secondary N) is 2. The van der Waals surface area contributed by atoms with E-state index in [1.165, 1.54) is 0 Å². The molecule has 1 atom stereocenters. The smallest absolute Gasteiger partial charge is 0.224 e. The Labute approximate surface area is 101 Å². The van der Waals surface area contributed by atoms with Crippen molar-refractivity contribution in [2.24, 2.45) is 5.92 Å². The van der Waals surface area contributed by atoms with Gasteiger partial charge in [0.2, 0.25) is 11.8 Å². The molecule has 1 aromatic heterocycles. The predicted molar refractivity (Wildman–Crippen MR) is 63.6 cm³/mol. The van der Waals surface area contributed by atoms with Crippen molar-refractivity contribution in [2.45, 2.75) is 13.0 Å². The summed E-state index contributed by atoms with van der Waals surface area (Å²) in [6.45, 7) is 2.24. The Bertz CT molecular complexity index is 372. The lowest BCUT2D eigenvalue weighted by Crippen LogP contribution is -2.31. The highest BCUT2D eigenvalue weighted by atomic mass is 16.5. The van der Waals surface area contributed by atoms with Crippen LogP contribution in [-0.2, 0) is 11.3 Å². The van der Waals surface area contributed by atoms with E-state index in [1.807, 2.05) is 6.07 Å². The van der Waals surface area contributed by atoms with Gasteiger partial charge in [0.1, 0.15) is 0 Å². The molecule has 5 heteroatoms. The van der Waals surface area contributed by atoms with Crippen LogP contribution in [0.4, 0.5) is 0 Å². The van der Waals surface area contributed by atoms with Crippen LogP contribution in [0.1, 0.15) is 12.0 Å². The highest BCUT2D eigenvalue weighted by Gasteiger charge is 2.21. The van der Waals surface area contributed by atoms with Crippen molar-refractivity contribution in [2.75, 3.05) is 20.2 Å². The third kappa shape index (κ3) is 3.17. The van der Waals surface area contributed by atoms with Gasteiger partial charge < -0.3 is 15.4 Å². The molecule has 1 fully saturated rings. The highest BCUT2D eigenvalue weighted by molar-refractivity contribution is 5.79. The summed E-state index contributed by atoms with van der Waals surface area (Å²) in [6, 6.07) is 3.69. The SMILES string of the molecule is COc1ccc(CNC(=O)C2CCNC2)cn1. The Morgan fingerprint density at radius 3 is 3.12 bits per heavy atom. The predicted octanol–water partition coefficient (Wildman–Crippen LogP) is 0.316. The average molecular weight is 235 g/mol. The largest absolute Gasteiger partial charge is 0.481 e. The van der Waals surface area contributed by atoms with Gasteiger partial charge in [0.25, 0.3) is 0 Å². The third-order valence-electron chi connectivity index (χ3n) is 2.90. The number of carbonyl (C=O) groups is 1. The van der Waals surface area contributed by atoms with E-state index in [1.54, 1.807) is 19.4 Å². The summed E-state index contributed by atoms with van der Waals surface area (Å²) in [7, 11) is 1.58. The van der Waals surface area contributed by atoms with Crippen LogP contribution in [0.25, 0.3) is 0 Å². The molecule has 0 bridgehead atoms. The second-order valence-corrected chi connectivity index (χ2v) is 4.12. The first-order valence-corrected chi connectivity index (χ1v) is 5.77. The molecule has 0 radical (unpaired) electrons. The lowest BCUT2D eigenvalue weighted by molar-refractivity contribution is -0.124. The van der Waals surface area contributed by atoms with E-state index in [9.17, 15) is 4.79 Å². The van der Waals surface area contributed by atoms with Gasteiger partial charge in [-0.15, -0.1) is 0 Å². The number of amides is 1. The number of nitrogens with zero attached hydrogens (tertiary/aromatic N) is 1. The number of aromatic nitrogens is 1. The minimum absolute atomic E-state index is 0.112. The quantitative estimate of drug-likeness (QED) is 0.788.